The molecule has 4 heteroatoms. The molecule has 1 aromatic rings. The van der Waals surface area contributed by atoms with Crippen LogP contribution in [0.3, 0.4) is 0 Å². The number of hydrogen-bond donors (Lipinski definition) is 2. The molecule has 0 aliphatic heterocycles. The number of aryl methyl sites for hydroxylation is 1. The maximum Gasteiger partial charge on any atom is 0.306 e. The number of fused-ring (bicyclic) bond motifs is 1. The van der Waals surface area contributed by atoms with E-state index in [-0.39, 0.29) is 11.9 Å². The van der Waals surface area contributed by atoms with Crippen molar-refractivity contribution in [1.29, 1.82) is 0 Å². The van der Waals surface area contributed by atoms with E-state index in [9.17, 15) is 9.59 Å². The summed E-state index contributed by atoms with van der Waals surface area (Å²) in [5, 5.41) is 12.2. The van der Waals surface area contributed by atoms with Crippen molar-refractivity contribution >= 4 is 11.9 Å². The molecule has 0 fully saturated rings. The van der Waals surface area contributed by atoms with Gasteiger partial charge in [0.1, 0.15) is 0 Å². The van der Waals surface area contributed by atoms with Crippen LogP contribution in [0, 0.1) is 11.3 Å². The summed E-state index contributed by atoms with van der Waals surface area (Å²) in [4.78, 5) is 23.9. The van der Waals surface area contributed by atoms with Gasteiger partial charge in [-0.15, -0.1) is 0 Å². The van der Waals surface area contributed by atoms with E-state index in [0.717, 1.165) is 19.3 Å². The number of allylic oxidation sites excluding steroid dienone is 1. The third-order valence-corrected chi connectivity index (χ3v) is 5.19. The minimum atomic E-state index is -0.786. The molecule has 0 heterocycles. The second-order valence-electron chi connectivity index (χ2n) is 7.02. The molecular formula is C19H23NO3. The molecular weight excluding hydrogens is 290 g/mol. The van der Waals surface area contributed by atoms with Crippen molar-refractivity contribution in [3.8, 4) is 0 Å². The summed E-state index contributed by atoms with van der Waals surface area (Å²) in [5.41, 5.74) is 2.17. The van der Waals surface area contributed by atoms with E-state index in [4.69, 9.17) is 5.11 Å². The zero-order chi connectivity index (χ0) is 16.4. The minimum absolute atomic E-state index is 0.0349. The van der Waals surface area contributed by atoms with Crippen molar-refractivity contribution in [2.75, 3.05) is 0 Å². The molecule has 3 rings (SSSR count). The summed E-state index contributed by atoms with van der Waals surface area (Å²) in [6.07, 6.45) is 7.31. The average molecular weight is 313 g/mol. The third kappa shape index (κ3) is 3.31. The predicted octanol–water partition coefficient (Wildman–Crippen LogP) is 2.72. The number of aliphatic carboxylic acids is 1. The van der Waals surface area contributed by atoms with Gasteiger partial charge in [0.05, 0.1) is 11.3 Å². The zero-order valence-corrected chi connectivity index (χ0v) is 13.4. The highest BCUT2D eigenvalue weighted by molar-refractivity contribution is 5.83. The first kappa shape index (κ1) is 15.8. The fourth-order valence-electron chi connectivity index (χ4n) is 3.63. The summed E-state index contributed by atoms with van der Waals surface area (Å²) in [6.45, 7) is 2.01. The first-order valence-corrected chi connectivity index (χ1v) is 8.25. The summed E-state index contributed by atoms with van der Waals surface area (Å²) >= 11 is 0. The van der Waals surface area contributed by atoms with Crippen LogP contribution in [0.4, 0.5) is 0 Å². The molecule has 1 amide bonds. The fourth-order valence-corrected chi connectivity index (χ4v) is 3.63. The molecule has 23 heavy (non-hydrogen) atoms. The van der Waals surface area contributed by atoms with Crippen molar-refractivity contribution < 1.29 is 14.7 Å². The molecule has 122 valence electrons. The number of hydrogen-bond acceptors (Lipinski definition) is 2. The van der Waals surface area contributed by atoms with Crippen LogP contribution in [0.1, 0.15) is 37.3 Å². The molecule has 2 aliphatic rings. The molecule has 0 aromatic heterocycles. The van der Waals surface area contributed by atoms with E-state index in [0.29, 0.717) is 12.8 Å². The topological polar surface area (TPSA) is 66.4 Å². The molecule has 0 saturated carbocycles. The Kier molecular flexibility index (Phi) is 4.24. The number of carbonyl (C=O) groups excluding carboxylic acids is 1. The zero-order valence-electron chi connectivity index (χ0n) is 13.4. The van der Waals surface area contributed by atoms with E-state index >= 15 is 0 Å². The van der Waals surface area contributed by atoms with Gasteiger partial charge in [-0.25, -0.2) is 0 Å². The lowest BCUT2D eigenvalue weighted by atomic mass is 9.72. The van der Waals surface area contributed by atoms with Crippen LogP contribution in [0.15, 0.2) is 36.4 Å². The Bertz CT molecular complexity index is 652. The first-order valence-electron chi connectivity index (χ1n) is 8.25. The Labute approximate surface area is 136 Å². The van der Waals surface area contributed by atoms with E-state index in [1.165, 1.54) is 11.1 Å². The maximum absolute atomic E-state index is 12.8. The van der Waals surface area contributed by atoms with Gasteiger partial charge < -0.3 is 10.4 Å². The summed E-state index contributed by atoms with van der Waals surface area (Å²) in [7, 11) is 0. The number of benzene rings is 1. The number of amides is 1. The van der Waals surface area contributed by atoms with Gasteiger partial charge in [0.15, 0.2) is 0 Å². The van der Waals surface area contributed by atoms with E-state index in [2.05, 4.69) is 17.4 Å². The monoisotopic (exact) mass is 313 g/mol. The highest BCUT2D eigenvalue weighted by Gasteiger charge is 2.38. The molecule has 2 aliphatic carbocycles. The Morgan fingerprint density at radius 1 is 1.26 bits per heavy atom. The number of carboxylic acids is 1. The van der Waals surface area contributed by atoms with Crippen LogP contribution in [0.5, 0.6) is 0 Å². The van der Waals surface area contributed by atoms with Crippen LogP contribution in [0.25, 0.3) is 0 Å². The second kappa shape index (κ2) is 6.19. The Morgan fingerprint density at radius 3 is 2.74 bits per heavy atom. The van der Waals surface area contributed by atoms with Crippen molar-refractivity contribution in [3.63, 3.8) is 0 Å². The second-order valence-corrected chi connectivity index (χ2v) is 7.02. The highest BCUT2D eigenvalue weighted by atomic mass is 16.4. The minimum Gasteiger partial charge on any atom is -0.481 e. The molecule has 0 saturated heterocycles. The molecule has 1 aromatic carbocycles. The summed E-state index contributed by atoms with van der Waals surface area (Å²) in [5.74, 6) is -1.15. The number of rotatable bonds is 3. The molecule has 0 bridgehead atoms. The normalized spacial score (nSPS) is 29.6. The lowest BCUT2D eigenvalue weighted by Crippen LogP contribution is -2.47. The highest BCUT2D eigenvalue weighted by Crippen LogP contribution is 2.35. The Morgan fingerprint density at radius 2 is 2.00 bits per heavy atom. The van der Waals surface area contributed by atoms with Gasteiger partial charge in [-0.3, -0.25) is 9.59 Å². The van der Waals surface area contributed by atoms with Gasteiger partial charge in [0.25, 0.3) is 0 Å². The van der Waals surface area contributed by atoms with Crippen LogP contribution >= 0.6 is 0 Å². The van der Waals surface area contributed by atoms with Crippen molar-refractivity contribution in [2.24, 2.45) is 11.3 Å². The smallest absolute Gasteiger partial charge is 0.306 e. The van der Waals surface area contributed by atoms with E-state index in [1.54, 1.807) is 0 Å². The van der Waals surface area contributed by atoms with Crippen molar-refractivity contribution in [3.05, 3.63) is 47.5 Å². The number of nitrogens with one attached hydrogen (secondary N) is 1. The van der Waals surface area contributed by atoms with Gasteiger partial charge in [-0.05, 0) is 43.2 Å². The molecule has 1 unspecified atom stereocenters. The fraction of sp³-hybridized carbons (Fsp3) is 0.474. The van der Waals surface area contributed by atoms with E-state index < -0.39 is 17.3 Å². The quantitative estimate of drug-likeness (QED) is 0.843. The first-order chi connectivity index (χ1) is 11.0. The molecule has 3 atom stereocenters. The standard InChI is InChI=1S/C19H23NO3/c1-19(10-9-13-5-2-3-6-15(13)12-19)18(23)20-16-8-4-7-14(11-16)17(21)22/h2-6,8,14,16H,7,9-12H2,1H3,(H,20,23)(H,21,22)/t14-,16-,19?/m0/s1. The number of carbonyl (C=O) groups is 2. The summed E-state index contributed by atoms with van der Waals surface area (Å²) in [6, 6.07) is 8.12. The van der Waals surface area contributed by atoms with E-state index in [1.807, 2.05) is 31.2 Å². The maximum atomic E-state index is 12.8. The summed E-state index contributed by atoms with van der Waals surface area (Å²) < 4.78 is 0. The molecule has 4 nitrogen and oxygen atoms in total. The van der Waals surface area contributed by atoms with Gasteiger partial charge in [0.2, 0.25) is 5.91 Å². The third-order valence-electron chi connectivity index (χ3n) is 5.19. The van der Waals surface area contributed by atoms with Crippen molar-refractivity contribution in [1.82, 2.24) is 5.32 Å². The largest absolute Gasteiger partial charge is 0.481 e. The molecule has 2 N–H and O–H groups in total. The lowest BCUT2D eigenvalue weighted by Gasteiger charge is -2.35. The SMILES string of the molecule is CC1(C(=O)N[C@H]2C=CC[C@H](C(=O)O)C2)CCc2ccccc2C1. The molecule has 0 radical (unpaired) electrons. The Balaban J connectivity index is 1.68. The van der Waals surface area contributed by atoms with Gasteiger partial charge in [-0.2, -0.15) is 0 Å². The van der Waals surface area contributed by atoms with Crippen molar-refractivity contribution in [2.45, 2.75) is 45.1 Å². The molecule has 0 spiro atoms. The number of carboxylic acid groups (broad SMARTS) is 1. The van der Waals surface area contributed by atoms with Crippen LogP contribution in [-0.4, -0.2) is 23.0 Å². The van der Waals surface area contributed by atoms with Crippen LogP contribution < -0.4 is 5.32 Å². The van der Waals surface area contributed by atoms with Crippen LogP contribution in [0.2, 0.25) is 0 Å². The lowest BCUT2D eigenvalue weighted by molar-refractivity contribution is -0.142. The van der Waals surface area contributed by atoms with Crippen LogP contribution in [-0.2, 0) is 22.4 Å². The average Bonchev–Trinajstić information content (AvgIpc) is 2.55. The predicted molar refractivity (Wildman–Crippen MR) is 88.0 cm³/mol. The van der Waals surface area contributed by atoms with Gasteiger partial charge in [0, 0.05) is 6.04 Å². The Hall–Kier alpha value is -2.10. The van der Waals surface area contributed by atoms with Gasteiger partial charge in [-0.1, -0.05) is 43.3 Å². The van der Waals surface area contributed by atoms with Gasteiger partial charge >= 0.3 is 5.97 Å².